The van der Waals surface area contributed by atoms with Crippen LogP contribution in [-0.4, -0.2) is 31.8 Å². The van der Waals surface area contributed by atoms with Gasteiger partial charge in [0.2, 0.25) is 5.91 Å². The number of rotatable bonds is 8. The highest BCUT2D eigenvalue weighted by molar-refractivity contribution is 5.78. The molecular weight excluding hydrogens is 371 g/mol. The van der Waals surface area contributed by atoms with Gasteiger partial charge in [0.1, 0.15) is 0 Å². The molecule has 2 aromatic rings. The molecule has 0 fully saturated rings. The second-order valence-electron chi connectivity index (χ2n) is 7.34. The van der Waals surface area contributed by atoms with Crippen molar-refractivity contribution >= 4 is 5.91 Å². The Bertz CT molecular complexity index is 782. The topological polar surface area (TPSA) is 64.7 Å². The Morgan fingerprint density at radius 1 is 1.29 bits per heavy atom. The Morgan fingerprint density at radius 3 is 2.79 bits per heavy atom. The molecule has 6 nitrogen and oxygen atoms in total. The first-order chi connectivity index (χ1) is 13.4. The zero-order chi connectivity index (χ0) is 20.1. The summed E-state index contributed by atoms with van der Waals surface area (Å²) in [5.41, 5.74) is 0.278. The van der Waals surface area contributed by atoms with Crippen molar-refractivity contribution < 1.29 is 18.0 Å². The van der Waals surface area contributed by atoms with Crippen LogP contribution in [0.1, 0.15) is 49.6 Å². The molecule has 0 saturated carbocycles. The summed E-state index contributed by atoms with van der Waals surface area (Å²) >= 11 is 0. The number of fused-ring (bicyclic) bond motifs is 1. The molecule has 0 aromatic carbocycles. The molecule has 1 aliphatic rings. The minimum Gasteiger partial charge on any atom is -0.356 e. The van der Waals surface area contributed by atoms with Crippen LogP contribution in [0.4, 0.5) is 13.2 Å². The number of alkyl halides is 3. The molecule has 0 aliphatic heterocycles. The molecule has 0 radical (unpaired) electrons. The number of imidazole rings is 1. The number of halogens is 3. The number of aromatic nitrogens is 4. The molecule has 154 valence electrons. The van der Waals surface area contributed by atoms with Crippen molar-refractivity contribution in [2.75, 3.05) is 6.54 Å². The van der Waals surface area contributed by atoms with E-state index < -0.39 is 11.9 Å². The highest BCUT2D eigenvalue weighted by Crippen LogP contribution is 2.35. The minimum atomic E-state index is -4.43. The molecule has 3 rings (SSSR count). The van der Waals surface area contributed by atoms with E-state index in [0.717, 1.165) is 25.8 Å². The Morgan fingerprint density at radius 2 is 2.07 bits per heavy atom. The Hall–Kier alpha value is -2.32. The van der Waals surface area contributed by atoms with Gasteiger partial charge in [0.25, 0.3) is 0 Å². The van der Waals surface area contributed by atoms with Crippen LogP contribution in [-0.2, 0) is 36.9 Å². The first kappa shape index (κ1) is 20.4. The fourth-order valence-corrected chi connectivity index (χ4v) is 3.60. The molecule has 9 heteroatoms. The number of aryl methyl sites for hydroxylation is 2. The van der Waals surface area contributed by atoms with Crippen molar-refractivity contribution in [2.45, 2.75) is 64.7 Å². The number of nitrogens with one attached hydrogen (secondary N) is 1. The molecule has 0 spiro atoms. The lowest BCUT2D eigenvalue weighted by atomic mass is 9.95. The third kappa shape index (κ3) is 4.94. The van der Waals surface area contributed by atoms with Crippen LogP contribution >= 0.6 is 0 Å². The average molecular weight is 397 g/mol. The summed E-state index contributed by atoms with van der Waals surface area (Å²) in [5.74, 6) is -0.367. The number of amides is 1. The van der Waals surface area contributed by atoms with Crippen molar-refractivity contribution in [1.29, 1.82) is 0 Å². The lowest BCUT2D eigenvalue weighted by molar-refractivity contribution is -0.142. The van der Waals surface area contributed by atoms with Gasteiger partial charge in [0.05, 0.1) is 6.33 Å². The Labute approximate surface area is 162 Å². The predicted molar refractivity (Wildman–Crippen MR) is 97.5 cm³/mol. The molecule has 0 saturated heterocycles. The fourth-order valence-electron chi connectivity index (χ4n) is 3.60. The van der Waals surface area contributed by atoms with Crippen LogP contribution in [0.2, 0.25) is 0 Å². The second kappa shape index (κ2) is 8.79. The average Bonchev–Trinajstić information content (AvgIpc) is 3.30. The number of hydrogen-bond donors (Lipinski definition) is 1. The Kier molecular flexibility index (Phi) is 6.41. The first-order valence-corrected chi connectivity index (χ1v) is 9.75. The van der Waals surface area contributed by atoms with Gasteiger partial charge in [0.15, 0.2) is 5.69 Å². The standard InChI is InChI=1S/C19H26F3N5O/c1-14(18(28)24-8-4-10-26-12-9-23-13-26)7-11-27-16-6-3-2-5-15(16)17(25-27)19(20,21)22/h9,12-14H,2-8,10-11H2,1H3,(H,24,28). The van der Waals surface area contributed by atoms with E-state index in [4.69, 9.17) is 0 Å². The molecule has 1 unspecified atom stereocenters. The van der Waals surface area contributed by atoms with Gasteiger partial charge in [-0.1, -0.05) is 6.92 Å². The third-order valence-electron chi connectivity index (χ3n) is 5.20. The van der Waals surface area contributed by atoms with E-state index in [-0.39, 0.29) is 11.8 Å². The summed E-state index contributed by atoms with van der Waals surface area (Å²) < 4.78 is 43.1. The van der Waals surface area contributed by atoms with Gasteiger partial charge in [-0.15, -0.1) is 0 Å². The second-order valence-corrected chi connectivity index (χ2v) is 7.34. The SMILES string of the molecule is CC(CCn1nc(C(F)(F)F)c2c1CCCC2)C(=O)NCCCn1ccnc1. The summed E-state index contributed by atoms with van der Waals surface area (Å²) in [6.45, 7) is 3.44. The Balaban J connectivity index is 1.50. The van der Waals surface area contributed by atoms with Gasteiger partial charge < -0.3 is 9.88 Å². The van der Waals surface area contributed by atoms with Crippen LogP contribution < -0.4 is 5.32 Å². The molecule has 1 atom stereocenters. The van der Waals surface area contributed by atoms with E-state index in [1.807, 2.05) is 10.8 Å². The lowest BCUT2D eigenvalue weighted by Gasteiger charge is -2.16. The van der Waals surface area contributed by atoms with Crippen molar-refractivity contribution in [3.05, 3.63) is 35.7 Å². The molecule has 1 N–H and O–H groups in total. The number of carbonyl (C=O) groups is 1. The quantitative estimate of drug-likeness (QED) is 0.696. The summed E-state index contributed by atoms with van der Waals surface area (Å²) in [6, 6.07) is 0. The maximum absolute atomic E-state index is 13.2. The summed E-state index contributed by atoms with van der Waals surface area (Å²) in [5, 5.41) is 6.74. The molecule has 2 aromatic heterocycles. The van der Waals surface area contributed by atoms with Crippen molar-refractivity contribution in [1.82, 2.24) is 24.6 Å². The van der Waals surface area contributed by atoms with E-state index in [1.165, 1.54) is 4.68 Å². The number of carbonyl (C=O) groups excluding carboxylic acids is 1. The zero-order valence-corrected chi connectivity index (χ0v) is 16.0. The molecule has 1 amide bonds. The largest absolute Gasteiger partial charge is 0.435 e. The smallest absolute Gasteiger partial charge is 0.356 e. The van der Waals surface area contributed by atoms with Crippen LogP contribution in [0.15, 0.2) is 18.7 Å². The highest BCUT2D eigenvalue weighted by Gasteiger charge is 2.39. The van der Waals surface area contributed by atoms with Crippen LogP contribution in [0, 0.1) is 5.92 Å². The van der Waals surface area contributed by atoms with Gasteiger partial charge in [-0.3, -0.25) is 9.48 Å². The highest BCUT2D eigenvalue weighted by atomic mass is 19.4. The van der Waals surface area contributed by atoms with E-state index in [1.54, 1.807) is 19.4 Å². The van der Waals surface area contributed by atoms with Gasteiger partial charge in [-0.25, -0.2) is 4.98 Å². The zero-order valence-electron chi connectivity index (χ0n) is 16.0. The summed E-state index contributed by atoms with van der Waals surface area (Å²) in [7, 11) is 0. The van der Waals surface area contributed by atoms with E-state index >= 15 is 0 Å². The van der Waals surface area contributed by atoms with E-state index in [2.05, 4.69) is 15.4 Å². The minimum absolute atomic E-state index is 0.0808. The van der Waals surface area contributed by atoms with E-state index in [0.29, 0.717) is 43.6 Å². The van der Waals surface area contributed by atoms with Crippen molar-refractivity contribution in [3.63, 3.8) is 0 Å². The maximum Gasteiger partial charge on any atom is 0.435 e. The molecule has 0 bridgehead atoms. The summed E-state index contributed by atoms with van der Waals surface area (Å²) in [4.78, 5) is 16.2. The van der Waals surface area contributed by atoms with Crippen LogP contribution in [0.25, 0.3) is 0 Å². The van der Waals surface area contributed by atoms with Crippen molar-refractivity contribution in [2.24, 2.45) is 5.92 Å². The van der Waals surface area contributed by atoms with Crippen LogP contribution in [0.5, 0.6) is 0 Å². The van der Waals surface area contributed by atoms with Gasteiger partial charge >= 0.3 is 6.18 Å². The fraction of sp³-hybridized carbons (Fsp3) is 0.632. The maximum atomic E-state index is 13.2. The number of hydrogen-bond acceptors (Lipinski definition) is 3. The first-order valence-electron chi connectivity index (χ1n) is 9.75. The molecule has 28 heavy (non-hydrogen) atoms. The van der Waals surface area contributed by atoms with E-state index in [9.17, 15) is 18.0 Å². The van der Waals surface area contributed by atoms with Crippen molar-refractivity contribution in [3.8, 4) is 0 Å². The monoisotopic (exact) mass is 397 g/mol. The number of nitrogens with zero attached hydrogens (tertiary/aromatic N) is 4. The van der Waals surface area contributed by atoms with Gasteiger partial charge in [0, 0.05) is 49.2 Å². The van der Waals surface area contributed by atoms with Crippen LogP contribution in [0.3, 0.4) is 0 Å². The molecule has 1 aliphatic carbocycles. The van der Waals surface area contributed by atoms with Gasteiger partial charge in [-0.05, 0) is 38.5 Å². The normalized spacial score (nSPS) is 15.3. The summed E-state index contributed by atoms with van der Waals surface area (Å²) in [6.07, 6.45) is 4.81. The predicted octanol–water partition coefficient (Wildman–Crippen LogP) is 3.21. The molecule has 2 heterocycles. The van der Waals surface area contributed by atoms with Gasteiger partial charge in [-0.2, -0.15) is 18.3 Å². The third-order valence-corrected chi connectivity index (χ3v) is 5.20. The lowest BCUT2D eigenvalue weighted by Crippen LogP contribution is -2.31. The molecular formula is C19H26F3N5O.